The Kier molecular flexibility index (Phi) is 41.7. The molecule has 0 aromatic heterocycles. The molecule has 0 fully saturated rings. The number of hydrogen-bond donors (Lipinski definition) is 16. The van der Waals surface area contributed by atoms with Crippen LogP contribution in [0.2, 0.25) is 0 Å². The zero-order valence-electron chi connectivity index (χ0n) is 57.4. The molecule has 12 amide bonds. The van der Waals surface area contributed by atoms with Gasteiger partial charge in [-0.25, -0.2) is 0 Å². The van der Waals surface area contributed by atoms with Crippen molar-refractivity contribution >= 4 is 70.9 Å². The Hall–Kier alpha value is -6.52. The van der Waals surface area contributed by atoms with Crippen molar-refractivity contribution in [2.75, 3.05) is 19.6 Å². The lowest BCUT2D eigenvalue weighted by Gasteiger charge is -2.29. The van der Waals surface area contributed by atoms with Gasteiger partial charge in [-0.2, -0.15) is 0 Å². The van der Waals surface area contributed by atoms with E-state index in [9.17, 15) is 57.5 Å². The second-order valence-electron chi connectivity index (χ2n) is 26.8. The SMILES string of the molecule is CC(C)C[C@H](NC(=O)[C@H](CCCCN)NC(=O)[C@H](C)NC(=O)[C@H](CC(C)C)NC(=O)[C@H](CC(C)C)NC(=O)[C@H](CCCCN)NC(=O)[C@H](C)NC(=O)[C@H](CC(C)C)NC(=O)[C@H](CC(C)C)NC(=O)[C@H](CCCCN)NC(=O)[C@H](C)NC(=O)[C@@H](N)CC(C)C)C(N)=O. The molecule has 0 saturated carbocycles. The Balaban J connectivity index is 6.57. The van der Waals surface area contributed by atoms with Gasteiger partial charge in [0, 0.05) is 0 Å². The molecular weight excluding hydrogens is 1170 g/mol. The van der Waals surface area contributed by atoms with Gasteiger partial charge in [-0.15, -0.1) is 0 Å². The second kappa shape index (κ2) is 44.9. The second-order valence-corrected chi connectivity index (χ2v) is 26.8. The van der Waals surface area contributed by atoms with Crippen LogP contribution in [0.3, 0.4) is 0 Å². The molecule has 0 bridgehead atoms. The molecule has 21 N–H and O–H groups in total. The Morgan fingerprint density at radius 1 is 0.253 bits per heavy atom. The predicted octanol–water partition coefficient (Wildman–Crippen LogP) is -0.145. The molecule has 0 rings (SSSR count). The van der Waals surface area contributed by atoms with Crippen molar-refractivity contribution in [2.24, 2.45) is 64.2 Å². The maximum Gasteiger partial charge on any atom is 0.243 e. The average molecular weight is 1290 g/mol. The fourth-order valence-electron chi connectivity index (χ4n) is 9.83. The van der Waals surface area contributed by atoms with Crippen LogP contribution in [0.4, 0.5) is 0 Å². The Morgan fingerprint density at radius 2 is 0.451 bits per heavy atom. The third-order valence-electron chi connectivity index (χ3n) is 14.8. The third-order valence-corrected chi connectivity index (χ3v) is 14.8. The minimum Gasteiger partial charge on any atom is -0.368 e. The lowest BCUT2D eigenvalue weighted by atomic mass is 9.99. The average Bonchev–Trinajstić information content (AvgIpc) is 2.81. The van der Waals surface area contributed by atoms with E-state index in [1.165, 1.54) is 20.8 Å². The maximum atomic E-state index is 14.3. The standard InChI is InChI=1S/C63H120N16O12/c1-34(2)28-43(67)56(84)69-40(13)53(81)73-45(23-17-20-26-65)58(86)76-50(32-38(9)10)62(90)79-49(31-37(7)8)61(89)71-42(15)55(83)74-46(24-18-21-27-66)59(87)77-51(33-39(11)12)63(91)78-48(30-36(5)6)60(88)70-41(14)54(82)72-44(22-16-19-25-64)57(85)75-47(52(68)80)29-35(3)4/h34-51H,16-33,64-67H2,1-15H3,(H2,68,80)(H,69,84)(H,70,88)(H,71,89)(H,72,82)(H,73,81)(H,74,83)(H,75,85)(H,76,86)(H,77,87)(H,78,91)(H,79,90)/t40-,41-,42-,43-,44-,45-,46-,47-,48-,49-,50-,51-/m0/s1. The zero-order valence-corrected chi connectivity index (χ0v) is 57.4. The van der Waals surface area contributed by atoms with Crippen molar-refractivity contribution in [3.63, 3.8) is 0 Å². The van der Waals surface area contributed by atoms with Gasteiger partial charge in [-0.3, -0.25) is 57.5 Å². The van der Waals surface area contributed by atoms with Gasteiger partial charge in [0.2, 0.25) is 70.9 Å². The number of primary amides is 1. The van der Waals surface area contributed by atoms with E-state index in [2.05, 4.69) is 58.5 Å². The van der Waals surface area contributed by atoms with Gasteiger partial charge < -0.3 is 87.2 Å². The Bertz CT molecular complexity index is 2300. The highest BCUT2D eigenvalue weighted by Crippen LogP contribution is 2.15. The van der Waals surface area contributed by atoms with E-state index in [0.717, 1.165) is 0 Å². The molecule has 0 spiro atoms. The fraction of sp³-hybridized carbons (Fsp3) is 0.810. The number of nitrogens with two attached hydrogens (primary N) is 5. The van der Waals surface area contributed by atoms with Crippen LogP contribution in [0.5, 0.6) is 0 Å². The summed E-state index contributed by atoms with van der Waals surface area (Å²) in [4.78, 5) is 164. The summed E-state index contributed by atoms with van der Waals surface area (Å²) in [7, 11) is 0. The number of nitrogens with one attached hydrogen (secondary N) is 11. The van der Waals surface area contributed by atoms with Crippen molar-refractivity contribution in [2.45, 2.75) is 273 Å². The van der Waals surface area contributed by atoms with E-state index >= 15 is 0 Å². The summed E-state index contributed by atoms with van der Waals surface area (Å²) in [5, 5.41) is 29.7. The van der Waals surface area contributed by atoms with Gasteiger partial charge in [0.1, 0.15) is 66.5 Å². The molecule has 0 saturated heterocycles. The monoisotopic (exact) mass is 1290 g/mol. The van der Waals surface area contributed by atoms with Gasteiger partial charge >= 0.3 is 0 Å². The molecule has 0 unspecified atom stereocenters. The molecule has 524 valence electrons. The quantitative estimate of drug-likeness (QED) is 0.0353. The van der Waals surface area contributed by atoms with E-state index < -0.39 is 143 Å². The largest absolute Gasteiger partial charge is 0.368 e. The van der Waals surface area contributed by atoms with Crippen LogP contribution in [0.1, 0.15) is 200 Å². The van der Waals surface area contributed by atoms with Gasteiger partial charge in [0.25, 0.3) is 0 Å². The number of carbonyl (C=O) groups is 12. The molecule has 0 aliphatic heterocycles. The van der Waals surface area contributed by atoms with Gasteiger partial charge in [-0.1, -0.05) is 83.1 Å². The molecule has 0 aromatic carbocycles. The Labute approximate surface area is 541 Å². The fourth-order valence-corrected chi connectivity index (χ4v) is 9.83. The van der Waals surface area contributed by atoms with Crippen molar-refractivity contribution in [3.8, 4) is 0 Å². The summed E-state index contributed by atoms with van der Waals surface area (Å²) in [6.07, 6.45) is 4.45. The van der Waals surface area contributed by atoms with Crippen molar-refractivity contribution in [1.29, 1.82) is 0 Å². The van der Waals surface area contributed by atoms with Gasteiger partial charge in [0.05, 0.1) is 6.04 Å². The topological polar surface area (TPSA) is 467 Å². The third kappa shape index (κ3) is 35.8. The van der Waals surface area contributed by atoms with Crippen LogP contribution in [0, 0.1) is 35.5 Å². The van der Waals surface area contributed by atoms with Crippen LogP contribution in [0.25, 0.3) is 0 Å². The molecule has 0 radical (unpaired) electrons. The number of carbonyl (C=O) groups excluding carboxylic acids is 12. The smallest absolute Gasteiger partial charge is 0.243 e. The summed E-state index contributed by atoms with van der Waals surface area (Å²) in [6, 6.07) is -13.6. The van der Waals surface area contributed by atoms with Gasteiger partial charge in [0.15, 0.2) is 0 Å². The normalized spacial score (nSPS) is 15.5. The molecule has 91 heavy (non-hydrogen) atoms. The number of amides is 12. The minimum atomic E-state index is -1.27. The first-order valence-corrected chi connectivity index (χ1v) is 33.0. The van der Waals surface area contributed by atoms with Crippen LogP contribution in [0.15, 0.2) is 0 Å². The molecular formula is C63H120N16O12. The first-order valence-electron chi connectivity index (χ1n) is 33.0. The number of unbranched alkanes of at least 4 members (excludes halogenated alkanes) is 3. The molecule has 0 aromatic rings. The lowest BCUT2D eigenvalue weighted by Crippen LogP contribution is -2.60. The molecule has 12 atom stereocenters. The van der Waals surface area contributed by atoms with E-state index in [1.807, 2.05) is 83.1 Å². The molecule has 28 heteroatoms. The highest BCUT2D eigenvalue weighted by molar-refractivity contribution is 5.99. The zero-order chi connectivity index (χ0) is 69.8. The highest BCUT2D eigenvalue weighted by atomic mass is 16.2. The van der Waals surface area contributed by atoms with Crippen molar-refractivity contribution in [1.82, 2.24) is 58.5 Å². The summed E-state index contributed by atoms with van der Waals surface area (Å²) in [5.74, 6) is -8.71. The first-order chi connectivity index (χ1) is 42.5. The summed E-state index contributed by atoms with van der Waals surface area (Å²) < 4.78 is 0. The minimum absolute atomic E-state index is 0.0220. The molecule has 0 heterocycles. The summed E-state index contributed by atoms with van der Waals surface area (Å²) in [5.41, 5.74) is 28.8. The summed E-state index contributed by atoms with van der Waals surface area (Å²) in [6.45, 7) is 27.5. The Morgan fingerprint density at radius 3 is 0.681 bits per heavy atom. The molecule has 0 aliphatic carbocycles. The molecule has 0 aliphatic rings. The van der Waals surface area contributed by atoms with Crippen molar-refractivity contribution < 1.29 is 57.5 Å². The summed E-state index contributed by atoms with van der Waals surface area (Å²) >= 11 is 0. The highest BCUT2D eigenvalue weighted by Gasteiger charge is 2.36. The van der Waals surface area contributed by atoms with E-state index in [1.54, 1.807) is 0 Å². The predicted molar refractivity (Wildman–Crippen MR) is 351 cm³/mol. The maximum absolute atomic E-state index is 14.3. The van der Waals surface area contributed by atoms with Crippen molar-refractivity contribution in [3.05, 3.63) is 0 Å². The first kappa shape index (κ1) is 84.5. The van der Waals surface area contributed by atoms with E-state index in [0.29, 0.717) is 58.0 Å². The van der Waals surface area contributed by atoms with Crippen LogP contribution >= 0.6 is 0 Å². The van der Waals surface area contributed by atoms with Crippen LogP contribution in [-0.4, -0.2) is 163 Å². The van der Waals surface area contributed by atoms with Crippen LogP contribution < -0.4 is 87.2 Å². The van der Waals surface area contributed by atoms with Gasteiger partial charge in [-0.05, 0) is 172 Å². The van der Waals surface area contributed by atoms with E-state index in [4.69, 9.17) is 28.7 Å². The molecule has 28 nitrogen and oxygen atoms in total. The van der Waals surface area contributed by atoms with Crippen LogP contribution in [-0.2, 0) is 57.5 Å². The number of rotatable bonds is 47. The van der Waals surface area contributed by atoms with E-state index in [-0.39, 0.29) is 93.4 Å². The number of hydrogen-bond acceptors (Lipinski definition) is 16. The lowest BCUT2D eigenvalue weighted by molar-refractivity contribution is -0.136.